The average Bonchev–Trinajstić information content (AvgIpc) is 2.98. The number of carbonyl (C=O) groups is 3. The van der Waals surface area contributed by atoms with Crippen LogP contribution in [0.25, 0.3) is 6.08 Å². The van der Waals surface area contributed by atoms with Crippen molar-refractivity contribution in [3.63, 3.8) is 0 Å². The van der Waals surface area contributed by atoms with Gasteiger partial charge in [0.25, 0.3) is 11.8 Å². The number of thioether (sulfide) groups is 1. The lowest BCUT2D eigenvalue weighted by Crippen LogP contribution is -2.30. The number of rotatable bonds is 10. The SMILES string of the molecule is Cc1cccc(C)c1NC(=O)CSc1cccc(NC(=O)/C(=C\c2ccc(N(C)C)cc2)NC(=O)c2ccccc2)c1. The van der Waals surface area contributed by atoms with Gasteiger partial charge in [-0.15, -0.1) is 11.8 Å². The molecule has 3 amide bonds. The van der Waals surface area contributed by atoms with Crippen LogP contribution in [0.15, 0.2) is 108 Å². The van der Waals surface area contributed by atoms with E-state index in [1.807, 2.05) is 93.5 Å². The summed E-state index contributed by atoms with van der Waals surface area (Å²) in [5.74, 6) is -0.750. The van der Waals surface area contributed by atoms with E-state index in [0.29, 0.717) is 11.3 Å². The summed E-state index contributed by atoms with van der Waals surface area (Å²) < 4.78 is 0. The Labute approximate surface area is 251 Å². The molecule has 0 heterocycles. The number of hydrogen-bond donors (Lipinski definition) is 3. The minimum absolute atomic E-state index is 0.104. The zero-order chi connectivity index (χ0) is 30.1. The minimum atomic E-state index is -0.467. The van der Waals surface area contributed by atoms with Crippen LogP contribution >= 0.6 is 11.8 Å². The van der Waals surface area contributed by atoms with Gasteiger partial charge in [-0.25, -0.2) is 0 Å². The fourth-order valence-corrected chi connectivity index (χ4v) is 4.93. The van der Waals surface area contributed by atoms with Gasteiger partial charge in [0.1, 0.15) is 5.70 Å². The van der Waals surface area contributed by atoms with Gasteiger partial charge in [-0.3, -0.25) is 14.4 Å². The summed E-state index contributed by atoms with van der Waals surface area (Å²) in [5.41, 5.74) is 5.72. The van der Waals surface area contributed by atoms with Gasteiger partial charge in [0, 0.05) is 41.6 Å². The molecule has 42 heavy (non-hydrogen) atoms. The van der Waals surface area contributed by atoms with Crippen molar-refractivity contribution >= 4 is 52.6 Å². The van der Waals surface area contributed by atoms with E-state index in [1.54, 1.807) is 42.5 Å². The lowest BCUT2D eigenvalue weighted by Gasteiger charge is -2.14. The monoisotopic (exact) mass is 578 g/mol. The maximum Gasteiger partial charge on any atom is 0.272 e. The van der Waals surface area contributed by atoms with Crippen LogP contribution in [0, 0.1) is 13.8 Å². The predicted octanol–water partition coefficient (Wildman–Crippen LogP) is 6.51. The summed E-state index contributed by atoms with van der Waals surface area (Å²) in [5, 5.41) is 8.65. The topological polar surface area (TPSA) is 90.5 Å². The van der Waals surface area contributed by atoms with E-state index in [9.17, 15) is 14.4 Å². The first-order valence-electron chi connectivity index (χ1n) is 13.5. The van der Waals surface area contributed by atoms with Crippen molar-refractivity contribution in [2.45, 2.75) is 18.7 Å². The molecule has 4 rings (SSSR count). The van der Waals surface area contributed by atoms with E-state index < -0.39 is 5.91 Å². The summed E-state index contributed by atoms with van der Waals surface area (Å²) in [6, 6.07) is 29.5. The molecule has 8 heteroatoms. The number of para-hydroxylation sites is 1. The van der Waals surface area contributed by atoms with Crippen LogP contribution in [0.3, 0.4) is 0 Å². The molecule has 3 N–H and O–H groups in total. The average molecular weight is 579 g/mol. The molecule has 0 radical (unpaired) electrons. The number of amides is 3. The molecule has 0 aliphatic carbocycles. The van der Waals surface area contributed by atoms with Crippen molar-refractivity contribution in [1.29, 1.82) is 0 Å². The highest BCUT2D eigenvalue weighted by molar-refractivity contribution is 8.00. The second-order valence-corrected chi connectivity index (χ2v) is 11.0. The van der Waals surface area contributed by atoms with E-state index in [2.05, 4.69) is 16.0 Å². The molecular weight excluding hydrogens is 544 g/mol. The third kappa shape index (κ3) is 8.34. The van der Waals surface area contributed by atoms with Crippen molar-refractivity contribution in [3.05, 3.63) is 125 Å². The molecule has 0 saturated heterocycles. The molecule has 4 aromatic rings. The molecule has 0 aliphatic rings. The Balaban J connectivity index is 1.47. The highest BCUT2D eigenvalue weighted by Crippen LogP contribution is 2.24. The molecule has 0 aliphatic heterocycles. The van der Waals surface area contributed by atoms with Gasteiger partial charge in [0.05, 0.1) is 5.75 Å². The van der Waals surface area contributed by atoms with Crippen LogP contribution in [-0.4, -0.2) is 37.6 Å². The van der Waals surface area contributed by atoms with Crippen LogP contribution < -0.4 is 20.9 Å². The Bertz CT molecular complexity index is 1580. The Morgan fingerprint density at radius 3 is 2.12 bits per heavy atom. The number of anilines is 3. The smallest absolute Gasteiger partial charge is 0.272 e. The highest BCUT2D eigenvalue weighted by atomic mass is 32.2. The van der Waals surface area contributed by atoms with E-state index in [1.165, 1.54) is 11.8 Å². The molecule has 0 aromatic heterocycles. The molecule has 7 nitrogen and oxygen atoms in total. The lowest BCUT2D eigenvalue weighted by atomic mass is 10.1. The van der Waals surface area contributed by atoms with Crippen LogP contribution in [0.4, 0.5) is 17.1 Å². The molecule has 4 aromatic carbocycles. The highest BCUT2D eigenvalue weighted by Gasteiger charge is 2.16. The van der Waals surface area contributed by atoms with Gasteiger partial charge >= 0.3 is 0 Å². The Morgan fingerprint density at radius 1 is 0.786 bits per heavy atom. The van der Waals surface area contributed by atoms with Gasteiger partial charge < -0.3 is 20.9 Å². The van der Waals surface area contributed by atoms with Gasteiger partial charge in [0.15, 0.2) is 0 Å². The van der Waals surface area contributed by atoms with E-state index in [0.717, 1.165) is 33.0 Å². The summed E-state index contributed by atoms with van der Waals surface area (Å²) in [7, 11) is 3.90. The van der Waals surface area contributed by atoms with Gasteiger partial charge in [-0.05, 0) is 79.1 Å². The largest absolute Gasteiger partial charge is 0.378 e. The molecule has 0 bridgehead atoms. The number of nitrogens with zero attached hydrogens (tertiary/aromatic N) is 1. The maximum absolute atomic E-state index is 13.4. The third-order valence-corrected chi connectivity index (χ3v) is 7.45. The molecule has 214 valence electrons. The zero-order valence-corrected chi connectivity index (χ0v) is 24.9. The van der Waals surface area contributed by atoms with Crippen LogP contribution in [0.2, 0.25) is 0 Å². The standard InChI is InChI=1S/C34H34N4O3S/c1-23-10-8-11-24(2)32(23)37-31(39)22-42-29-15-9-14-27(21-29)35-34(41)30(36-33(40)26-12-6-5-7-13-26)20-25-16-18-28(19-17-25)38(3)4/h5-21H,22H2,1-4H3,(H,35,41)(H,36,40)(H,37,39)/b30-20+. The molecule has 0 spiro atoms. The molecule has 0 saturated carbocycles. The first-order chi connectivity index (χ1) is 20.2. The minimum Gasteiger partial charge on any atom is -0.378 e. The first-order valence-corrected chi connectivity index (χ1v) is 14.4. The van der Waals surface area contributed by atoms with Gasteiger partial charge in [-0.1, -0.05) is 54.6 Å². The Hall–Kier alpha value is -4.82. The van der Waals surface area contributed by atoms with Crippen LogP contribution in [0.1, 0.15) is 27.0 Å². The number of aryl methyl sites for hydroxylation is 2. The zero-order valence-electron chi connectivity index (χ0n) is 24.1. The fraction of sp³-hybridized carbons (Fsp3) is 0.147. The second kappa shape index (κ2) is 14.2. The van der Waals surface area contributed by atoms with Crippen LogP contribution in [-0.2, 0) is 9.59 Å². The third-order valence-electron chi connectivity index (χ3n) is 6.46. The number of hydrogen-bond acceptors (Lipinski definition) is 5. The van der Waals surface area contributed by atoms with Gasteiger partial charge in [0.2, 0.25) is 5.91 Å². The van der Waals surface area contributed by atoms with Crippen molar-refractivity contribution in [2.75, 3.05) is 35.4 Å². The fourth-order valence-electron chi connectivity index (χ4n) is 4.18. The summed E-state index contributed by atoms with van der Waals surface area (Å²) >= 11 is 1.37. The molecule has 0 fully saturated rings. The van der Waals surface area contributed by atoms with E-state index in [-0.39, 0.29) is 23.3 Å². The number of benzene rings is 4. The maximum atomic E-state index is 13.4. The Kier molecular flexibility index (Phi) is 10.2. The van der Waals surface area contributed by atoms with Gasteiger partial charge in [-0.2, -0.15) is 0 Å². The second-order valence-electron chi connectivity index (χ2n) is 9.95. The van der Waals surface area contributed by atoms with Crippen molar-refractivity contribution in [1.82, 2.24) is 5.32 Å². The van der Waals surface area contributed by atoms with Crippen molar-refractivity contribution in [3.8, 4) is 0 Å². The first kappa shape index (κ1) is 30.1. The summed E-state index contributed by atoms with van der Waals surface area (Å²) in [6.45, 7) is 3.93. The Morgan fingerprint density at radius 2 is 1.45 bits per heavy atom. The van der Waals surface area contributed by atoms with E-state index >= 15 is 0 Å². The van der Waals surface area contributed by atoms with Crippen molar-refractivity contribution < 1.29 is 14.4 Å². The van der Waals surface area contributed by atoms with Crippen LogP contribution in [0.5, 0.6) is 0 Å². The van der Waals surface area contributed by atoms with E-state index in [4.69, 9.17) is 0 Å². The number of carbonyl (C=O) groups excluding carboxylic acids is 3. The number of nitrogens with one attached hydrogen (secondary N) is 3. The quantitative estimate of drug-likeness (QED) is 0.147. The normalized spacial score (nSPS) is 11.0. The predicted molar refractivity (Wildman–Crippen MR) is 173 cm³/mol. The lowest BCUT2D eigenvalue weighted by molar-refractivity contribution is -0.114. The van der Waals surface area contributed by atoms with Crippen molar-refractivity contribution in [2.24, 2.45) is 0 Å². The molecule has 0 unspecified atom stereocenters. The molecular formula is C34H34N4O3S. The summed E-state index contributed by atoms with van der Waals surface area (Å²) in [6.07, 6.45) is 1.64. The molecule has 0 atom stereocenters. The summed E-state index contributed by atoms with van der Waals surface area (Å²) in [4.78, 5) is 41.8.